The Hall–Kier alpha value is -2.51. The van der Waals surface area contributed by atoms with Gasteiger partial charge in [0.1, 0.15) is 11.2 Å². The number of aromatic nitrogens is 6. The van der Waals surface area contributed by atoms with Crippen molar-refractivity contribution in [1.82, 2.24) is 29.7 Å². The lowest BCUT2D eigenvalue weighted by Gasteiger charge is -2.44. The molecule has 0 spiro atoms. The molecule has 10 nitrogen and oxygen atoms in total. The summed E-state index contributed by atoms with van der Waals surface area (Å²) in [7, 11) is 0. The van der Waals surface area contributed by atoms with Gasteiger partial charge >= 0.3 is 5.76 Å². The van der Waals surface area contributed by atoms with Gasteiger partial charge in [0.05, 0.1) is 6.61 Å². The van der Waals surface area contributed by atoms with Crippen LogP contribution >= 0.6 is 34.2 Å². The number of imidazole rings is 1. The highest BCUT2D eigenvalue weighted by Gasteiger charge is 2.37. The Morgan fingerprint density at radius 3 is 2.77 bits per heavy atom. The third-order valence-corrected chi connectivity index (χ3v) is 10.1. The first-order chi connectivity index (χ1) is 19.5. The van der Waals surface area contributed by atoms with Crippen LogP contribution in [0.4, 0.5) is 5.95 Å². The molecule has 0 amide bonds. The third kappa shape index (κ3) is 5.04. The second-order valence-corrected chi connectivity index (χ2v) is 13.4. The fourth-order valence-electron chi connectivity index (χ4n) is 6.66. The van der Waals surface area contributed by atoms with E-state index in [9.17, 15) is 4.79 Å². The van der Waals surface area contributed by atoms with Crippen molar-refractivity contribution < 1.29 is 9.26 Å². The molecule has 1 N–H and O–H groups in total. The minimum Gasteiger partial charge on any atom is -0.381 e. The van der Waals surface area contributed by atoms with Gasteiger partial charge in [-0.2, -0.15) is 4.98 Å². The molecular weight excluding hydrogens is 645 g/mol. The standard InChI is InChI=1S/C28H31ClIN7O3/c29-19-5-1-3-17(13-19)22-23-24(32-25(31-22)26-34-28(38)40-35-26)33-27(37(23)14-16-6-8-20(30)9-7-16)36-11-2-4-18-15-39-12-10-21(18)36/h1,3,5,13,16,18,20-21H,2,4,6-12,14-15H2,(H,34,35,38). The molecule has 40 heavy (non-hydrogen) atoms. The molecule has 2 aliphatic heterocycles. The summed E-state index contributed by atoms with van der Waals surface area (Å²) in [6, 6.07) is 8.06. The molecule has 210 valence electrons. The van der Waals surface area contributed by atoms with Crippen LogP contribution < -0.4 is 10.7 Å². The molecule has 3 fully saturated rings. The first-order valence-corrected chi connectivity index (χ1v) is 15.7. The zero-order valence-electron chi connectivity index (χ0n) is 22.1. The summed E-state index contributed by atoms with van der Waals surface area (Å²) in [5.41, 5.74) is 3.04. The van der Waals surface area contributed by atoms with Crippen LogP contribution in [-0.4, -0.2) is 59.4 Å². The van der Waals surface area contributed by atoms with Gasteiger partial charge in [-0.05, 0) is 63.0 Å². The number of fused-ring (bicyclic) bond motifs is 2. The van der Waals surface area contributed by atoms with E-state index in [2.05, 4.69) is 42.2 Å². The van der Waals surface area contributed by atoms with E-state index in [1.807, 2.05) is 24.3 Å². The smallest absolute Gasteiger partial charge is 0.381 e. The van der Waals surface area contributed by atoms with Crippen molar-refractivity contribution in [1.29, 1.82) is 0 Å². The van der Waals surface area contributed by atoms with Crippen LogP contribution in [0.5, 0.6) is 0 Å². The zero-order chi connectivity index (χ0) is 27.2. The Bertz CT molecular complexity index is 1580. The molecule has 4 aromatic rings. The fourth-order valence-corrected chi connectivity index (χ4v) is 7.57. The van der Waals surface area contributed by atoms with Crippen LogP contribution in [0.1, 0.15) is 44.9 Å². The van der Waals surface area contributed by atoms with Crippen molar-refractivity contribution in [2.75, 3.05) is 24.7 Å². The van der Waals surface area contributed by atoms with Gasteiger partial charge in [-0.3, -0.25) is 9.51 Å². The largest absolute Gasteiger partial charge is 0.439 e. The van der Waals surface area contributed by atoms with Crippen LogP contribution in [-0.2, 0) is 11.3 Å². The summed E-state index contributed by atoms with van der Waals surface area (Å²) in [6.45, 7) is 3.39. The van der Waals surface area contributed by atoms with Crippen molar-refractivity contribution >= 4 is 51.3 Å². The van der Waals surface area contributed by atoms with E-state index in [0.717, 1.165) is 60.1 Å². The van der Waals surface area contributed by atoms with Crippen molar-refractivity contribution in [3.8, 4) is 22.9 Å². The predicted molar refractivity (Wildman–Crippen MR) is 161 cm³/mol. The first kappa shape index (κ1) is 26.4. The number of aromatic amines is 1. The van der Waals surface area contributed by atoms with Crippen molar-refractivity contribution in [2.24, 2.45) is 11.8 Å². The Morgan fingerprint density at radius 2 is 1.98 bits per heavy atom. The topological polar surface area (TPSA) is 115 Å². The molecular formula is C28H31ClIN7O3. The Labute approximate surface area is 250 Å². The van der Waals surface area contributed by atoms with Gasteiger partial charge in [0.2, 0.25) is 17.6 Å². The lowest BCUT2D eigenvalue weighted by atomic mass is 9.86. The molecule has 2 unspecified atom stereocenters. The highest BCUT2D eigenvalue weighted by atomic mass is 127. The summed E-state index contributed by atoms with van der Waals surface area (Å²) in [4.78, 5) is 31.9. The van der Waals surface area contributed by atoms with E-state index in [0.29, 0.717) is 34.2 Å². The summed E-state index contributed by atoms with van der Waals surface area (Å²) in [6.07, 6.45) is 8.13. The van der Waals surface area contributed by atoms with E-state index >= 15 is 0 Å². The van der Waals surface area contributed by atoms with Gasteiger partial charge < -0.3 is 14.2 Å². The number of halogens is 2. The maximum Gasteiger partial charge on any atom is 0.439 e. The molecule has 0 bridgehead atoms. The molecule has 5 heterocycles. The van der Waals surface area contributed by atoms with Crippen molar-refractivity contribution in [2.45, 2.75) is 61.5 Å². The summed E-state index contributed by atoms with van der Waals surface area (Å²) in [5, 5.41) is 4.48. The van der Waals surface area contributed by atoms with Crippen LogP contribution in [0.15, 0.2) is 33.6 Å². The van der Waals surface area contributed by atoms with E-state index in [4.69, 9.17) is 35.8 Å². The number of H-pyrrole nitrogens is 1. The number of piperidine rings is 1. The number of hydrogen-bond donors (Lipinski definition) is 1. The maximum absolute atomic E-state index is 11.8. The van der Waals surface area contributed by atoms with Crippen LogP contribution in [0, 0.1) is 11.8 Å². The number of rotatable bonds is 5. The molecule has 3 aromatic heterocycles. The second kappa shape index (κ2) is 11.1. The van der Waals surface area contributed by atoms with Crippen LogP contribution in [0.2, 0.25) is 5.02 Å². The summed E-state index contributed by atoms with van der Waals surface area (Å²) >= 11 is 9.05. The molecule has 1 aromatic carbocycles. The zero-order valence-corrected chi connectivity index (χ0v) is 25.0. The minimum atomic E-state index is -0.654. The van der Waals surface area contributed by atoms with E-state index in [-0.39, 0.29) is 11.6 Å². The molecule has 0 radical (unpaired) electrons. The second-order valence-electron chi connectivity index (χ2n) is 11.2. The van der Waals surface area contributed by atoms with Crippen molar-refractivity contribution in [3.05, 3.63) is 39.8 Å². The molecule has 3 aliphatic rings. The minimum absolute atomic E-state index is 0.175. The molecule has 2 atom stereocenters. The summed E-state index contributed by atoms with van der Waals surface area (Å²) in [5.74, 6) is 1.79. The highest BCUT2D eigenvalue weighted by Crippen LogP contribution is 2.39. The van der Waals surface area contributed by atoms with E-state index < -0.39 is 5.76 Å². The van der Waals surface area contributed by atoms with Crippen LogP contribution in [0.3, 0.4) is 0 Å². The van der Waals surface area contributed by atoms with Crippen molar-refractivity contribution in [3.63, 3.8) is 0 Å². The molecule has 1 aliphatic carbocycles. The number of ether oxygens (including phenoxy) is 1. The van der Waals surface area contributed by atoms with E-state index in [1.165, 1.54) is 32.1 Å². The maximum atomic E-state index is 11.8. The third-order valence-electron chi connectivity index (χ3n) is 8.62. The normalized spacial score (nSPS) is 25.3. The lowest BCUT2D eigenvalue weighted by molar-refractivity contribution is 0.0278. The Balaban J connectivity index is 1.44. The number of nitrogens with zero attached hydrogens (tertiary/aromatic N) is 6. The predicted octanol–water partition coefficient (Wildman–Crippen LogP) is 5.49. The monoisotopic (exact) mass is 675 g/mol. The quantitative estimate of drug-likeness (QED) is 0.218. The van der Waals surface area contributed by atoms with Crippen LogP contribution in [0.25, 0.3) is 34.1 Å². The van der Waals surface area contributed by atoms with Gasteiger partial charge in [0, 0.05) is 46.2 Å². The van der Waals surface area contributed by atoms with Gasteiger partial charge in [0.25, 0.3) is 0 Å². The van der Waals surface area contributed by atoms with Gasteiger partial charge in [-0.1, -0.05) is 51.5 Å². The number of nitrogens with one attached hydrogen (secondary N) is 1. The van der Waals surface area contributed by atoms with Gasteiger partial charge in [-0.15, -0.1) is 0 Å². The van der Waals surface area contributed by atoms with Gasteiger partial charge in [-0.25, -0.2) is 14.8 Å². The SMILES string of the molecule is O=c1[nH]c(-c2nc(-c3cccc(Cl)c3)c3c(n2)nc(N2CCCC4COCCC42)n3CC2CCC(I)CC2)no1. The number of benzene rings is 1. The molecule has 2 saturated heterocycles. The fraction of sp³-hybridized carbons (Fsp3) is 0.536. The molecule has 7 rings (SSSR count). The molecule has 1 saturated carbocycles. The first-order valence-electron chi connectivity index (χ1n) is 14.1. The van der Waals surface area contributed by atoms with E-state index in [1.54, 1.807) is 0 Å². The number of alkyl halides is 1. The average molecular weight is 676 g/mol. The van der Waals surface area contributed by atoms with Gasteiger partial charge in [0.15, 0.2) is 5.65 Å². The number of hydrogen-bond acceptors (Lipinski definition) is 8. The Kier molecular flexibility index (Phi) is 7.29. The lowest BCUT2D eigenvalue weighted by Crippen LogP contribution is -2.50. The molecule has 12 heteroatoms. The highest BCUT2D eigenvalue weighted by molar-refractivity contribution is 14.1. The number of anilines is 1. The Morgan fingerprint density at radius 1 is 1.10 bits per heavy atom. The average Bonchev–Trinajstić information content (AvgIpc) is 3.57. The summed E-state index contributed by atoms with van der Waals surface area (Å²) < 4.78 is 13.8.